The summed E-state index contributed by atoms with van der Waals surface area (Å²) in [6, 6.07) is 17.0. The molecule has 5 rings (SSSR count). The van der Waals surface area contributed by atoms with Crippen molar-refractivity contribution in [2.75, 3.05) is 32.8 Å². The van der Waals surface area contributed by atoms with Crippen LogP contribution in [0.4, 0.5) is 0 Å². The maximum atomic E-state index is 10.3. The third-order valence-corrected chi connectivity index (χ3v) is 7.54. The van der Waals surface area contributed by atoms with Crippen LogP contribution in [-0.2, 0) is 13.1 Å². The monoisotopic (exact) mass is 408 g/mol. The van der Waals surface area contributed by atoms with Crippen molar-refractivity contribution in [2.45, 2.75) is 20.0 Å². The van der Waals surface area contributed by atoms with Crippen molar-refractivity contribution in [1.29, 1.82) is 0 Å². The lowest BCUT2D eigenvalue weighted by molar-refractivity contribution is 0.111. The highest BCUT2D eigenvalue weighted by Crippen LogP contribution is 2.43. The highest BCUT2D eigenvalue weighted by atomic mass is 32.1. The topological polar surface area (TPSA) is 39.9 Å². The number of hydrogen-bond acceptors (Lipinski definition) is 5. The van der Waals surface area contributed by atoms with Crippen molar-refractivity contribution in [3.63, 3.8) is 0 Å². The van der Waals surface area contributed by atoms with Crippen LogP contribution in [0.15, 0.2) is 59.2 Å². The van der Waals surface area contributed by atoms with Gasteiger partial charge in [0.15, 0.2) is 0 Å². The molecule has 1 N–H and O–H groups in total. The molecule has 2 saturated heterocycles. The van der Waals surface area contributed by atoms with Crippen molar-refractivity contribution in [1.82, 2.24) is 9.80 Å². The zero-order valence-electron chi connectivity index (χ0n) is 16.9. The van der Waals surface area contributed by atoms with E-state index in [0.29, 0.717) is 5.92 Å². The first-order valence-electron chi connectivity index (χ1n) is 10.4. The van der Waals surface area contributed by atoms with Crippen LogP contribution < -0.4 is 0 Å². The minimum atomic E-state index is 0.0282. The van der Waals surface area contributed by atoms with Gasteiger partial charge in [-0.05, 0) is 42.7 Å². The molecule has 4 heterocycles. The number of aryl methyl sites for hydroxylation is 1. The van der Waals surface area contributed by atoms with Gasteiger partial charge < -0.3 is 9.52 Å². The minimum absolute atomic E-state index is 0.0282. The molecule has 0 aliphatic carbocycles. The average Bonchev–Trinajstić information content (AvgIpc) is 3.47. The van der Waals surface area contributed by atoms with Gasteiger partial charge in [0, 0.05) is 60.0 Å². The van der Waals surface area contributed by atoms with E-state index in [-0.39, 0.29) is 12.0 Å². The van der Waals surface area contributed by atoms with Gasteiger partial charge in [-0.1, -0.05) is 24.3 Å². The Hall–Kier alpha value is -1.92. The van der Waals surface area contributed by atoms with Crippen LogP contribution in [0.2, 0.25) is 0 Å². The molecule has 2 aliphatic rings. The largest absolute Gasteiger partial charge is 0.464 e. The van der Waals surface area contributed by atoms with Gasteiger partial charge >= 0.3 is 0 Å². The van der Waals surface area contributed by atoms with Crippen molar-refractivity contribution in [3.8, 4) is 11.3 Å². The van der Waals surface area contributed by atoms with E-state index >= 15 is 0 Å². The SMILES string of the molecule is Cc1ccc(CN2CC3CN(Cc4ccc(-c5ccco5)cc4)CC3(CO)C2)s1. The Balaban J connectivity index is 1.21. The van der Waals surface area contributed by atoms with Crippen LogP contribution in [0.5, 0.6) is 0 Å². The first-order valence-corrected chi connectivity index (χ1v) is 11.2. The van der Waals surface area contributed by atoms with Crippen LogP contribution in [0.1, 0.15) is 15.3 Å². The van der Waals surface area contributed by atoms with E-state index < -0.39 is 0 Å². The van der Waals surface area contributed by atoms with Gasteiger partial charge in [-0.3, -0.25) is 9.80 Å². The standard InChI is InChI=1S/C24H28N2O2S/c1-18-4-9-22(29-18)14-26-13-21-12-25(15-24(21,16-26)17-27)11-19-5-7-20(8-6-19)23-3-2-10-28-23/h2-10,21,27H,11-17H2,1H3. The maximum absolute atomic E-state index is 10.3. The van der Waals surface area contributed by atoms with Crippen LogP contribution in [0.3, 0.4) is 0 Å². The zero-order chi connectivity index (χ0) is 19.8. The van der Waals surface area contributed by atoms with Crippen molar-refractivity contribution in [2.24, 2.45) is 11.3 Å². The molecule has 29 heavy (non-hydrogen) atoms. The van der Waals surface area contributed by atoms with Crippen LogP contribution >= 0.6 is 11.3 Å². The summed E-state index contributed by atoms with van der Waals surface area (Å²) in [4.78, 5) is 7.88. The van der Waals surface area contributed by atoms with Crippen molar-refractivity contribution in [3.05, 3.63) is 70.1 Å². The fourth-order valence-electron chi connectivity index (χ4n) is 5.13. The van der Waals surface area contributed by atoms with E-state index in [2.05, 4.69) is 53.1 Å². The Morgan fingerprint density at radius 1 is 1.03 bits per heavy atom. The predicted octanol–water partition coefficient (Wildman–Crippen LogP) is 4.24. The van der Waals surface area contributed by atoms with Crippen molar-refractivity contribution >= 4 is 11.3 Å². The number of thiophene rings is 1. The highest BCUT2D eigenvalue weighted by molar-refractivity contribution is 7.11. The van der Waals surface area contributed by atoms with Gasteiger partial charge in [-0.2, -0.15) is 0 Å². The molecule has 2 fully saturated rings. The smallest absolute Gasteiger partial charge is 0.133 e. The molecule has 3 aromatic rings. The molecule has 1 aromatic carbocycles. The number of hydrogen-bond donors (Lipinski definition) is 1. The first kappa shape index (κ1) is 19.1. The fourth-order valence-corrected chi connectivity index (χ4v) is 6.07. The Morgan fingerprint density at radius 2 is 1.79 bits per heavy atom. The van der Waals surface area contributed by atoms with Gasteiger partial charge in [-0.15, -0.1) is 11.3 Å². The molecular formula is C24H28N2O2S. The van der Waals surface area contributed by atoms with E-state index in [9.17, 15) is 5.11 Å². The minimum Gasteiger partial charge on any atom is -0.464 e. The second-order valence-electron chi connectivity index (χ2n) is 8.74. The summed E-state index contributed by atoms with van der Waals surface area (Å²) in [7, 11) is 0. The molecule has 0 amide bonds. The van der Waals surface area contributed by atoms with Gasteiger partial charge in [-0.25, -0.2) is 0 Å². The summed E-state index contributed by atoms with van der Waals surface area (Å²) in [5.41, 5.74) is 2.46. The number of nitrogens with zero attached hydrogens (tertiary/aromatic N) is 2. The van der Waals surface area contributed by atoms with Crippen LogP contribution in [0, 0.1) is 18.3 Å². The Kier molecular flexibility index (Phi) is 5.08. The van der Waals surface area contributed by atoms with Gasteiger partial charge in [0.25, 0.3) is 0 Å². The number of rotatable bonds is 6. The molecule has 2 unspecified atom stereocenters. The van der Waals surface area contributed by atoms with E-state index in [4.69, 9.17) is 4.42 Å². The van der Waals surface area contributed by atoms with Gasteiger partial charge in [0.05, 0.1) is 12.9 Å². The zero-order valence-corrected chi connectivity index (χ0v) is 17.7. The van der Waals surface area contributed by atoms with Crippen molar-refractivity contribution < 1.29 is 9.52 Å². The second kappa shape index (κ2) is 7.73. The fraction of sp³-hybridized carbons (Fsp3) is 0.417. The van der Waals surface area contributed by atoms with Gasteiger partial charge in [0.2, 0.25) is 0 Å². The average molecular weight is 409 g/mol. The maximum Gasteiger partial charge on any atom is 0.133 e. The lowest BCUT2D eigenvalue weighted by Crippen LogP contribution is -2.36. The second-order valence-corrected chi connectivity index (χ2v) is 10.1. The number of furan rings is 1. The lowest BCUT2D eigenvalue weighted by atomic mass is 9.82. The molecule has 5 heteroatoms. The van der Waals surface area contributed by atoms with E-state index in [1.807, 2.05) is 23.5 Å². The highest BCUT2D eigenvalue weighted by Gasteiger charge is 2.51. The lowest BCUT2D eigenvalue weighted by Gasteiger charge is -2.27. The van der Waals surface area contributed by atoms with E-state index in [0.717, 1.165) is 50.6 Å². The normalized spacial score (nSPS) is 25.0. The summed E-state index contributed by atoms with van der Waals surface area (Å²) in [5.74, 6) is 1.46. The molecule has 2 aliphatic heterocycles. The Labute approximate surface area is 176 Å². The molecule has 0 saturated carbocycles. The van der Waals surface area contributed by atoms with Gasteiger partial charge in [0.1, 0.15) is 5.76 Å². The van der Waals surface area contributed by atoms with Crippen LogP contribution in [0.25, 0.3) is 11.3 Å². The third-order valence-electron chi connectivity index (χ3n) is 6.56. The summed E-state index contributed by atoms with van der Waals surface area (Å²) in [6.45, 7) is 8.55. The molecule has 0 radical (unpaired) electrons. The molecule has 2 atom stereocenters. The van der Waals surface area contributed by atoms with E-state index in [1.54, 1.807) is 6.26 Å². The first-order chi connectivity index (χ1) is 14.1. The summed E-state index contributed by atoms with van der Waals surface area (Å²) < 4.78 is 5.48. The number of fused-ring (bicyclic) bond motifs is 1. The van der Waals surface area contributed by atoms with Crippen LogP contribution in [-0.4, -0.2) is 47.7 Å². The van der Waals surface area contributed by atoms with E-state index in [1.165, 1.54) is 15.3 Å². The predicted molar refractivity (Wildman–Crippen MR) is 117 cm³/mol. The third kappa shape index (κ3) is 3.80. The Bertz CT molecular complexity index is 950. The number of benzene rings is 1. The summed E-state index contributed by atoms with van der Waals surface area (Å²) in [5, 5.41) is 10.3. The number of aliphatic hydroxyl groups excluding tert-OH is 1. The molecule has 4 nitrogen and oxygen atoms in total. The number of aliphatic hydroxyl groups is 1. The number of likely N-dealkylation sites (tertiary alicyclic amines) is 2. The molecular weight excluding hydrogens is 380 g/mol. The molecule has 2 aromatic heterocycles. The Morgan fingerprint density at radius 3 is 2.38 bits per heavy atom. The molecule has 152 valence electrons. The summed E-state index contributed by atoms with van der Waals surface area (Å²) in [6.07, 6.45) is 1.71. The molecule has 0 bridgehead atoms. The molecule has 0 spiro atoms. The summed E-state index contributed by atoms with van der Waals surface area (Å²) >= 11 is 1.89. The quantitative estimate of drug-likeness (QED) is 0.662.